The van der Waals surface area contributed by atoms with Crippen molar-refractivity contribution in [3.05, 3.63) is 40.0 Å². The molecule has 2 aromatic rings. The third-order valence-electron chi connectivity index (χ3n) is 2.79. The Balaban J connectivity index is 0.00000242. The molecule has 2 heterocycles. The van der Waals surface area contributed by atoms with Crippen LogP contribution in [-0.2, 0) is 13.1 Å². The van der Waals surface area contributed by atoms with Crippen molar-refractivity contribution in [2.24, 2.45) is 4.99 Å². The highest BCUT2D eigenvalue weighted by Gasteiger charge is 2.05. The van der Waals surface area contributed by atoms with Gasteiger partial charge >= 0.3 is 0 Å². The molecule has 2 N–H and O–H groups in total. The molecular weight excluding hydrogens is 413 g/mol. The van der Waals surface area contributed by atoms with Gasteiger partial charge < -0.3 is 15.4 Å². The van der Waals surface area contributed by atoms with Crippen molar-refractivity contribution in [2.75, 3.05) is 14.2 Å². The van der Waals surface area contributed by atoms with Crippen LogP contribution in [0.4, 0.5) is 0 Å². The average molecular weight is 433 g/mol. The van der Waals surface area contributed by atoms with Gasteiger partial charge in [-0.25, -0.2) is 9.97 Å². The van der Waals surface area contributed by atoms with Crippen LogP contribution >= 0.6 is 35.3 Å². The Morgan fingerprint density at radius 3 is 2.73 bits per heavy atom. The molecule has 0 amide bonds. The first-order chi connectivity index (χ1) is 10.2. The summed E-state index contributed by atoms with van der Waals surface area (Å²) >= 11 is 1.67. The summed E-state index contributed by atoms with van der Waals surface area (Å²) in [5, 5.41) is 7.50. The molecule has 22 heavy (non-hydrogen) atoms. The van der Waals surface area contributed by atoms with E-state index in [1.165, 1.54) is 4.88 Å². The number of aromatic nitrogens is 2. The zero-order valence-electron chi connectivity index (χ0n) is 12.8. The van der Waals surface area contributed by atoms with Gasteiger partial charge in [-0.2, -0.15) is 0 Å². The first-order valence-corrected chi connectivity index (χ1v) is 7.38. The molecule has 2 rings (SSSR count). The highest BCUT2D eigenvalue weighted by atomic mass is 127. The number of hydrogen-bond acceptors (Lipinski definition) is 5. The van der Waals surface area contributed by atoms with Gasteiger partial charge in [0, 0.05) is 36.4 Å². The van der Waals surface area contributed by atoms with E-state index >= 15 is 0 Å². The molecule has 0 aliphatic heterocycles. The minimum absolute atomic E-state index is 0. The van der Waals surface area contributed by atoms with E-state index in [0.717, 1.165) is 10.6 Å². The number of nitrogens with one attached hydrogen (secondary N) is 2. The van der Waals surface area contributed by atoms with Crippen molar-refractivity contribution in [3.8, 4) is 5.88 Å². The molecule has 120 valence electrons. The topological polar surface area (TPSA) is 71.4 Å². The van der Waals surface area contributed by atoms with Crippen LogP contribution in [-0.4, -0.2) is 30.1 Å². The molecule has 0 unspecified atom stereocenters. The van der Waals surface area contributed by atoms with Crippen LogP contribution in [0.3, 0.4) is 0 Å². The lowest BCUT2D eigenvalue weighted by molar-refractivity contribution is 0.392. The number of aliphatic imine (C=N–C) groups is 1. The molecule has 6 nitrogen and oxygen atoms in total. The van der Waals surface area contributed by atoms with E-state index < -0.39 is 0 Å². The summed E-state index contributed by atoms with van der Waals surface area (Å²) in [5.41, 5.74) is 0.980. The third-order valence-corrected chi connectivity index (χ3v) is 3.70. The number of methoxy groups -OCH3 is 1. The molecule has 0 radical (unpaired) electrons. The Morgan fingerprint density at radius 2 is 2.09 bits per heavy atom. The molecule has 0 spiro atoms. The third kappa shape index (κ3) is 5.41. The zero-order chi connectivity index (χ0) is 15.1. The molecule has 0 aliphatic rings. The number of ether oxygens (including phenoxy) is 1. The molecule has 0 bridgehead atoms. The largest absolute Gasteiger partial charge is 0.481 e. The van der Waals surface area contributed by atoms with Crippen molar-refractivity contribution in [1.29, 1.82) is 0 Å². The van der Waals surface area contributed by atoms with Crippen LogP contribution in [0.5, 0.6) is 5.88 Å². The number of aryl methyl sites for hydroxylation is 1. The van der Waals surface area contributed by atoms with Gasteiger partial charge in [0.25, 0.3) is 0 Å². The van der Waals surface area contributed by atoms with Crippen LogP contribution in [0.1, 0.15) is 15.4 Å². The summed E-state index contributed by atoms with van der Waals surface area (Å²) in [6.45, 7) is 3.29. The van der Waals surface area contributed by atoms with Gasteiger partial charge in [-0.05, 0) is 13.0 Å². The second-order valence-corrected chi connectivity index (χ2v) is 5.64. The van der Waals surface area contributed by atoms with Crippen molar-refractivity contribution in [1.82, 2.24) is 20.6 Å². The second-order valence-electron chi connectivity index (χ2n) is 4.32. The summed E-state index contributed by atoms with van der Waals surface area (Å²) in [6.07, 6.45) is 3.58. The fraction of sp³-hybridized carbons (Fsp3) is 0.357. The number of thiazole rings is 1. The van der Waals surface area contributed by atoms with E-state index in [1.54, 1.807) is 31.7 Å². The monoisotopic (exact) mass is 433 g/mol. The lowest BCUT2D eigenvalue weighted by Crippen LogP contribution is -2.36. The SMILES string of the molecule is CN=C(NCc1ncc(C)s1)NCc1cccnc1OC.I. The van der Waals surface area contributed by atoms with E-state index in [-0.39, 0.29) is 24.0 Å². The molecule has 0 aromatic carbocycles. The molecule has 0 atom stereocenters. The van der Waals surface area contributed by atoms with Crippen LogP contribution in [0.2, 0.25) is 0 Å². The van der Waals surface area contributed by atoms with Gasteiger partial charge in [0.1, 0.15) is 5.01 Å². The van der Waals surface area contributed by atoms with Gasteiger partial charge in [-0.15, -0.1) is 35.3 Å². The Hall–Kier alpha value is -1.42. The Kier molecular flexibility index (Phi) is 8.10. The summed E-state index contributed by atoms with van der Waals surface area (Å²) < 4.78 is 5.22. The Bertz CT molecular complexity index is 617. The predicted molar refractivity (Wildman–Crippen MR) is 100 cm³/mol. The number of halogens is 1. The Labute approximate surface area is 151 Å². The molecule has 0 aliphatic carbocycles. The summed E-state index contributed by atoms with van der Waals surface area (Å²) in [6, 6.07) is 3.85. The van der Waals surface area contributed by atoms with Gasteiger partial charge in [-0.1, -0.05) is 6.07 Å². The Morgan fingerprint density at radius 1 is 1.32 bits per heavy atom. The highest BCUT2D eigenvalue weighted by molar-refractivity contribution is 14.0. The minimum Gasteiger partial charge on any atom is -0.481 e. The van der Waals surface area contributed by atoms with Crippen molar-refractivity contribution in [3.63, 3.8) is 0 Å². The first-order valence-electron chi connectivity index (χ1n) is 6.56. The minimum atomic E-state index is 0. The molecule has 0 saturated carbocycles. The van der Waals surface area contributed by atoms with Crippen molar-refractivity contribution >= 4 is 41.3 Å². The number of pyridine rings is 1. The maximum absolute atomic E-state index is 5.22. The number of guanidine groups is 1. The summed E-state index contributed by atoms with van der Waals surface area (Å²) in [7, 11) is 3.35. The fourth-order valence-corrected chi connectivity index (χ4v) is 2.51. The second kappa shape index (κ2) is 9.57. The van der Waals surface area contributed by atoms with E-state index in [2.05, 4.69) is 25.6 Å². The van der Waals surface area contributed by atoms with E-state index in [0.29, 0.717) is 24.9 Å². The first kappa shape index (κ1) is 18.6. The maximum atomic E-state index is 5.22. The standard InChI is InChI=1S/C14H19N5OS.HI/c1-10-7-17-12(21-10)9-19-14(15-2)18-8-11-5-4-6-16-13(11)20-3;/h4-7H,8-9H2,1-3H3,(H2,15,18,19);1H. The lowest BCUT2D eigenvalue weighted by atomic mass is 10.3. The maximum Gasteiger partial charge on any atom is 0.218 e. The van der Waals surface area contributed by atoms with Gasteiger partial charge in [0.15, 0.2) is 5.96 Å². The van der Waals surface area contributed by atoms with E-state index in [4.69, 9.17) is 4.74 Å². The van der Waals surface area contributed by atoms with Gasteiger partial charge in [-0.3, -0.25) is 4.99 Å². The lowest BCUT2D eigenvalue weighted by Gasteiger charge is -2.12. The highest BCUT2D eigenvalue weighted by Crippen LogP contribution is 2.13. The van der Waals surface area contributed by atoms with Crippen LogP contribution in [0, 0.1) is 6.92 Å². The van der Waals surface area contributed by atoms with Crippen molar-refractivity contribution < 1.29 is 4.74 Å². The predicted octanol–water partition coefficient (Wildman–Crippen LogP) is 2.34. The van der Waals surface area contributed by atoms with Gasteiger partial charge in [0.05, 0.1) is 13.7 Å². The average Bonchev–Trinajstić information content (AvgIpc) is 2.93. The normalized spacial score (nSPS) is 10.8. The molecule has 2 aromatic heterocycles. The molecule has 0 saturated heterocycles. The van der Waals surface area contributed by atoms with Gasteiger partial charge in [0.2, 0.25) is 5.88 Å². The zero-order valence-corrected chi connectivity index (χ0v) is 15.9. The van der Waals surface area contributed by atoms with E-state index in [9.17, 15) is 0 Å². The quantitative estimate of drug-likeness (QED) is 0.431. The van der Waals surface area contributed by atoms with Crippen LogP contribution in [0.25, 0.3) is 0 Å². The van der Waals surface area contributed by atoms with Crippen LogP contribution < -0.4 is 15.4 Å². The smallest absolute Gasteiger partial charge is 0.218 e. The number of nitrogens with zero attached hydrogens (tertiary/aromatic N) is 3. The summed E-state index contributed by atoms with van der Waals surface area (Å²) in [5.74, 6) is 1.34. The fourth-order valence-electron chi connectivity index (χ4n) is 1.78. The van der Waals surface area contributed by atoms with E-state index in [1.807, 2.05) is 25.3 Å². The number of rotatable bonds is 5. The molecule has 0 fully saturated rings. The van der Waals surface area contributed by atoms with Crippen LogP contribution in [0.15, 0.2) is 29.5 Å². The van der Waals surface area contributed by atoms with Crippen molar-refractivity contribution in [2.45, 2.75) is 20.0 Å². The molecule has 8 heteroatoms. The summed E-state index contributed by atoms with van der Waals surface area (Å²) in [4.78, 5) is 13.9. The number of hydrogen-bond donors (Lipinski definition) is 2. The molecular formula is C14H20IN5OS.